The highest BCUT2D eigenvalue weighted by Crippen LogP contribution is 2.28. The fourth-order valence-corrected chi connectivity index (χ4v) is 1.36. The zero-order chi connectivity index (χ0) is 9.26. The number of aliphatic hydroxyl groups excluding tert-OH is 1. The molecule has 70 valence electrons. The standard InChI is InChI=1S/C9H12N2O2/c1-11-2-3-13-8-4-7(6-12)5-10-9(8)11/h4-5,12H,2-3,6H2,1H3. The van der Waals surface area contributed by atoms with Crippen LogP contribution in [0.5, 0.6) is 5.75 Å². The van der Waals surface area contributed by atoms with Crippen LogP contribution in [0.25, 0.3) is 0 Å². The van der Waals surface area contributed by atoms with Crippen LogP contribution in [0, 0.1) is 0 Å². The minimum absolute atomic E-state index is 0.00730. The maximum absolute atomic E-state index is 8.90. The highest BCUT2D eigenvalue weighted by atomic mass is 16.5. The fourth-order valence-electron chi connectivity index (χ4n) is 1.36. The van der Waals surface area contributed by atoms with E-state index in [2.05, 4.69) is 4.98 Å². The molecule has 0 spiro atoms. The Morgan fingerprint density at radius 3 is 3.31 bits per heavy atom. The highest BCUT2D eigenvalue weighted by Gasteiger charge is 2.15. The van der Waals surface area contributed by atoms with E-state index >= 15 is 0 Å². The summed E-state index contributed by atoms with van der Waals surface area (Å²) >= 11 is 0. The second kappa shape index (κ2) is 3.22. The molecule has 1 aromatic rings. The van der Waals surface area contributed by atoms with Crippen LogP contribution in [0.2, 0.25) is 0 Å². The Bertz CT molecular complexity index is 314. The summed E-state index contributed by atoms with van der Waals surface area (Å²) in [6.07, 6.45) is 1.67. The van der Waals surface area contributed by atoms with Gasteiger partial charge in [0.15, 0.2) is 11.6 Å². The molecule has 0 saturated carbocycles. The van der Waals surface area contributed by atoms with E-state index in [1.165, 1.54) is 0 Å². The summed E-state index contributed by atoms with van der Waals surface area (Å²) in [5, 5.41) is 8.90. The Kier molecular flexibility index (Phi) is 2.06. The molecule has 1 N–H and O–H groups in total. The SMILES string of the molecule is CN1CCOc2cc(CO)cnc21. The first kappa shape index (κ1) is 8.31. The van der Waals surface area contributed by atoms with E-state index in [0.29, 0.717) is 6.61 Å². The molecule has 0 radical (unpaired) electrons. The van der Waals surface area contributed by atoms with Gasteiger partial charge in [-0.25, -0.2) is 4.98 Å². The molecule has 0 saturated heterocycles. The van der Waals surface area contributed by atoms with Crippen molar-refractivity contribution in [3.63, 3.8) is 0 Å². The average molecular weight is 180 g/mol. The van der Waals surface area contributed by atoms with Crippen molar-refractivity contribution >= 4 is 5.82 Å². The molecule has 1 aliphatic rings. The molecule has 0 bridgehead atoms. The van der Waals surface area contributed by atoms with E-state index in [9.17, 15) is 0 Å². The van der Waals surface area contributed by atoms with Gasteiger partial charge in [0.25, 0.3) is 0 Å². The first-order chi connectivity index (χ1) is 6.31. The smallest absolute Gasteiger partial charge is 0.171 e. The lowest BCUT2D eigenvalue weighted by Gasteiger charge is -2.26. The van der Waals surface area contributed by atoms with Gasteiger partial charge in [-0.2, -0.15) is 0 Å². The Balaban J connectivity index is 2.39. The number of aromatic nitrogens is 1. The van der Waals surface area contributed by atoms with Gasteiger partial charge in [-0.05, 0) is 11.6 Å². The predicted molar refractivity (Wildman–Crippen MR) is 48.9 cm³/mol. The van der Waals surface area contributed by atoms with Gasteiger partial charge in [0.05, 0.1) is 13.2 Å². The molecule has 0 atom stereocenters. The summed E-state index contributed by atoms with van der Waals surface area (Å²) in [5.74, 6) is 1.61. The first-order valence-corrected chi connectivity index (χ1v) is 4.25. The molecule has 0 amide bonds. The number of nitrogens with zero attached hydrogens (tertiary/aromatic N) is 2. The molecule has 1 aliphatic heterocycles. The van der Waals surface area contributed by atoms with Gasteiger partial charge in [-0.15, -0.1) is 0 Å². The highest BCUT2D eigenvalue weighted by molar-refractivity contribution is 5.54. The fraction of sp³-hybridized carbons (Fsp3) is 0.444. The number of ether oxygens (including phenoxy) is 1. The van der Waals surface area contributed by atoms with Gasteiger partial charge in [-0.1, -0.05) is 0 Å². The number of fused-ring (bicyclic) bond motifs is 1. The van der Waals surface area contributed by atoms with Crippen molar-refractivity contribution in [3.05, 3.63) is 17.8 Å². The average Bonchev–Trinajstić information content (AvgIpc) is 2.18. The topological polar surface area (TPSA) is 45.6 Å². The van der Waals surface area contributed by atoms with Crippen molar-refractivity contribution in [3.8, 4) is 5.75 Å². The molecule has 4 nitrogen and oxygen atoms in total. The molecular weight excluding hydrogens is 168 g/mol. The van der Waals surface area contributed by atoms with E-state index < -0.39 is 0 Å². The molecule has 13 heavy (non-hydrogen) atoms. The van der Waals surface area contributed by atoms with Crippen molar-refractivity contribution in [2.45, 2.75) is 6.61 Å². The predicted octanol–water partition coefficient (Wildman–Crippen LogP) is 0.402. The summed E-state index contributed by atoms with van der Waals surface area (Å²) in [4.78, 5) is 6.25. The molecule has 2 rings (SSSR count). The van der Waals surface area contributed by atoms with E-state index in [4.69, 9.17) is 9.84 Å². The molecule has 2 heterocycles. The molecule has 4 heteroatoms. The number of rotatable bonds is 1. The van der Waals surface area contributed by atoms with Crippen LogP contribution in [-0.2, 0) is 6.61 Å². The van der Waals surface area contributed by atoms with E-state index in [-0.39, 0.29) is 6.61 Å². The molecular formula is C9H12N2O2. The Morgan fingerprint density at radius 1 is 1.69 bits per heavy atom. The van der Waals surface area contributed by atoms with Crippen molar-refractivity contribution in [2.75, 3.05) is 25.1 Å². The van der Waals surface area contributed by atoms with Crippen molar-refractivity contribution in [2.24, 2.45) is 0 Å². The third-order valence-corrected chi connectivity index (χ3v) is 2.12. The summed E-state index contributed by atoms with van der Waals surface area (Å²) in [7, 11) is 1.98. The van der Waals surface area contributed by atoms with Gasteiger partial charge >= 0.3 is 0 Å². The molecule has 0 aliphatic carbocycles. The van der Waals surface area contributed by atoms with Gasteiger partial charge in [-0.3, -0.25) is 0 Å². The minimum Gasteiger partial charge on any atom is -0.488 e. The normalized spacial score (nSPS) is 15.1. The molecule has 0 aromatic carbocycles. The number of hydrogen-bond acceptors (Lipinski definition) is 4. The van der Waals surface area contributed by atoms with Gasteiger partial charge < -0.3 is 14.7 Å². The van der Waals surface area contributed by atoms with Crippen molar-refractivity contribution < 1.29 is 9.84 Å². The largest absolute Gasteiger partial charge is 0.488 e. The maximum Gasteiger partial charge on any atom is 0.171 e. The van der Waals surface area contributed by atoms with Gasteiger partial charge in [0.2, 0.25) is 0 Å². The Morgan fingerprint density at radius 2 is 2.54 bits per heavy atom. The summed E-state index contributed by atoms with van der Waals surface area (Å²) in [5.41, 5.74) is 0.786. The van der Waals surface area contributed by atoms with Crippen LogP contribution >= 0.6 is 0 Å². The van der Waals surface area contributed by atoms with Crippen LogP contribution in [0.1, 0.15) is 5.56 Å². The van der Waals surface area contributed by atoms with Crippen LogP contribution in [0.3, 0.4) is 0 Å². The lowest BCUT2D eigenvalue weighted by molar-refractivity contribution is 0.277. The summed E-state index contributed by atoms with van der Waals surface area (Å²) < 4.78 is 5.42. The second-order valence-electron chi connectivity index (χ2n) is 3.09. The first-order valence-electron chi connectivity index (χ1n) is 4.25. The number of pyridine rings is 1. The van der Waals surface area contributed by atoms with Crippen LogP contribution in [0.15, 0.2) is 12.3 Å². The summed E-state index contributed by atoms with van der Waals surface area (Å²) in [6.45, 7) is 1.55. The maximum atomic E-state index is 8.90. The monoisotopic (exact) mass is 180 g/mol. The summed E-state index contributed by atoms with van der Waals surface area (Å²) in [6, 6.07) is 1.83. The van der Waals surface area contributed by atoms with Gasteiger partial charge in [0.1, 0.15) is 6.61 Å². The number of aliphatic hydroxyl groups is 1. The lowest BCUT2D eigenvalue weighted by atomic mass is 10.2. The number of likely N-dealkylation sites (N-methyl/N-ethyl adjacent to an activating group) is 1. The zero-order valence-electron chi connectivity index (χ0n) is 7.53. The van der Waals surface area contributed by atoms with Crippen LogP contribution in [-0.4, -0.2) is 30.3 Å². The van der Waals surface area contributed by atoms with Crippen LogP contribution in [0.4, 0.5) is 5.82 Å². The van der Waals surface area contributed by atoms with Gasteiger partial charge in [0, 0.05) is 13.2 Å². The van der Waals surface area contributed by atoms with E-state index in [1.54, 1.807) is 6.20 Å². The molecule has 0 unspecified atom stereocenters. The quantitative estimate of drug-likeness (QED) is 0.679. The molecule has 0 fully saturated rings. The minimum atomic E-state index is 0.00730. The number of hydrogen-bond donors (Lipinski definition) is 1. The Labute approximate surface area is 76.8 Å². The molecule has 1 aromatic heterocycles. The van der Waals surface area contributed by atoms with Crippen molar-refractivity contribution in [1.29, 1.82) is 0 Å². The Hall–Kier alpha value is -1.29. The zero-order valence-corrected chi connectivity index (χ0v) is 7.53. The van der Waals surface area contributed by atoms with Crippen LogP contribution < -0.4 is 9.64 Å². The van der Waals surface area contributed by atoms with E-state index in [1.807, 2.05) is 18.0 Å². The van der Waals surface area contributed by atoms with Crippen molar-refractivity contribution in [1.82, 2.24) is 4.98 Å². The third kappa shape index (κ3) is 1.45. The third-order valence-electron chi connectivity index (χ3n) is 2.12. The second-order valence-corrected chi connectivity index (χ2v) is 3.09. The number of anilines is 1. The van der Waals surface area contributed by atoms with E-state index in [0.717, 1.165) is 23.7 Å². The lowest BCUT2D eigenvalue weighted by Crippen LogP contribution is -2.29.